The summed E-state index contributed by atoms with van der Waals surface area (Å²) in [5.41, 5.74) is 13.3. The zero-order valence-corrected chi connectivity index (χ0v) is 17.7. The average Bonchev–Trinajstić information content (AvgIpc) is 3.43. The lowest BCUT2D eigenvalue weighted by Crippen LogP contribution is -2.39. The molecule has 2 heterocycles. The van der Waals surface area contributed by atoms with Gasteiger partial charge in [-0.1, -0.05) is 46.8 Å². The molecule has 4 rings (SSSR count). The van der Waals surface area contributed by atoms with Crippen molar-refractivity contribution >= 4 is 39.7 Å². The van der Waals surface area contributed by atoms with Crippen LogP contribution in [0.1, 0.15) is 22.4 Å². The molecule has 2 aromatic carbocycles. The van der Waals surface area contributed by atoms with Crippen LogP contribution in [0.5, 0.6) is 0 Å². The maximum absolute atomic E-state index is 13.4. The number of aromatic nitrogens is 2. The van der Waals surface area contributed by atoms with Gasteiger partial charge in [0.25, 0.3) is 0 Å². The lowest BCUT2D eigenvalue weighted by atomic mass is 10.1. The number of carbonyl (C=O) groups is 2. The van der Waals surface area contributed by atoms with Crippen LogP contribution in [0.3, 0.4) is 0 Å². The molecule has 32 heavy (non-hydrogen) atoms. The van der Waals surface area contributed by atoms with Gasteiger partial charge in [0.05, 0.1) is 0 Å². The number of hydrogen-bond donors (Lipinski definition) is 2. The van der Waals surface area contributed by atoms with Crippen LogP contribution in [0.15, 0.2) is 65.2 Å². The summed E-state index contributed by atoms with van der Waals surface area (Å²) in [5, 5.41) is 4.21. The largest absolute Gasteiger partial charge is 0.382 e. The van der Waals surface area contributed by atoms with E-state index >= 15 is 0 Å². The van der Waals surface area contributed by atoms with Crippen LogP contribution in [0, 0.1) is 5.82 Å². The number of rotatable bonds is 7. The van der Waals surface area contributed by atoms with Crippen molar-refractivity contribution < 1.29 is 18.5 Å². The molecule has 4 aromatic rings. The minimum absolute atomic E-state index is 0.00188. The summed E-state index contributed by atoms with van der Waals surface area (Å²) in [5.74, 6) is -1.58. The molecule has 1 atom stereocenters. The molecule has 0 unspecified atom stereocenters. The van der Waals surface area contributed by atoms with Gasteiger partial charge in [0.2, 0.25) is 17.5 Å². The number of nitrogens with zero attached hydrogens (tertiary/aromatic N) is 3. The first-order chi connectivity index (χ1) is 15.3. The highest BCUT2D eigenvalue weighted by atomic mass is 32.1. The first-order valence-corrected chi connectivity index (χ1v) is 10.3. The first-order valence-electron chi connectivity index (χ1n) is 9.52. The lowest BCUT2D eigenvalue weighted by molar-refractivity contribution is -0.118. The molecule has 0 aliphatic rings. The van der Waals surface area contributed by atoms with Gasteiger partial charge in [0, 0.05) is 17.3 Å². The molecule has 0 aliphatic carbocycles. The molecule has 0 bridgehead atoms. The van der Waals surface area contributed by atoms with E-state index in [1.807, 2.05) is 30.3 Å². The number of nitrogen functional groups attached to an aromatic ring is 1. The highest BCUT2D eigenvalue weighted by molar-refractivity contribution is 7.18. The number of nitrogens with two attached hydrogens (primary N) is 2. The molecule has 0 saturated carbocycles. The number of thiazole rings is 1. The molecule has 10 heteroatoms. The number of hydrogen-bond acceptors (Lipinski definition) is 8. The van der Waals surface area contributed by atoms with Crippen LogP contribution in [0.25, 0.3) is 11.3 Å². The number of benzene rings is 2. The van der Waals surface area contributed by atoms with Crippen LogP contribution in [-0.2, 0) is 4.79 Å². The Morgan fingerprint density at radius 1 is 1.12 bits per heavy atom. The van der Waals surface area contributed by atoms with Crippen molar-refractivity contribution in [3.8, 4) is 11.3 Å². The van der Waals surface area contributed by atoms with Crippen LogP contribution in [0.2, 0.25) is 0 Å². The smallest absolute Gasteiger partial charge is 0.244 e. The highest BCUT2D eigenvalue weighted by Crippen LogP contribution is 2.36. The van der Waals surface area contributed by atoms with Crippen LogP contribution in [-0.4, -0.2) is 27.9 Å². The molecule has 0 radical (unpaired) electrons. The molecule has 0 spiro atoms. The summed E-state index contributed by atoms with van der Waals surface area (Å²) < 4.78 is 18.6. The number of carbonyl (C=O) groups excluding carboxylic acids is 2. The number of primary amides is 1. The summed E-state index contributed by atoms with van der Waals surface area (Å²) in [6.45, 7) is 1.58. The summed E-state index contributed by atoms with van der Waals surface area (Å²) >= 11 is 0.971. The second-order valence-corrected chi connectivity index (χ2v) is 7.88. The van der Waals surface area contributed by atoms with Crippen LogP contribution >= 0.6 is 11.3 Å². The van der Waals surface area contributed by atoms with E-state index in [2.05, 4.69) is 10.1 Å². The van der Waals surface area contributed by atoms with Crippen molar-refractivity contribution in [2.24, 2.45) is 5.73 Å². The van der Waals surface area contributed by atoms with Crippen molar-refractivity contribution in [2.45, 2.75) is 13.0 Å². The summed E-state index contributed by atoms with van der Waals surface area (Å²) in [6.07, 6.45) is 0. The topological polar surface area (TPSA) is 128 Å². The van der Waals surface area contributed by atoms with E-state index in [-0.39, 0.29) is 21.6 Å². The predicted molar refractivity (Wildman–Crippen MR) is 119 cm³/mol. The predicted octanol–water partition coefficient (Wildman–Crippen LogP) is 3.76. The Kier molecular flexibility index (Phi) is 5.69. The van der Waals surface area contributed by atoms with Gasteiger partial charge >= 0.3 is 0 Å². The second-order valence-electron chi connectivity index (χ2n) is 6.91. The summed E-state index contributed by atoms with van der Waals surface area (Å²) in [7, 11) is 0. The van der Waals surface area contributed by atoms with E-state index in [1.54, 1.807) is 6.92 Å². The third-order valence-corrected chi connectivity index (χ3v) is 5.83. The van der Waals surface area contributed by atoms with Crippen molar-refractivity contribution in [3.05, 3.63) is 77.1 Å². The Balaban J connectivity index is 1.69. The van der Waals surface area contributed by atoms with Gasteiger partial charge in [-0.3, -0.25) is 9.59 Å². The van der Waals surface area contributed by atoms with Crippen LogP contribution in [0.4, 0.5) is 21.0 Å². The number of anilines is 3. The molecular weight excluding hydrogens is 433 g/mol. The van der Waals surface area contributed by atoms with Crippen molar-refractivity contribution in [2.75, 3.05) is 10.6 Å². The normalized spacial score (nSPS) is 11.8. The third kappa shape index (κ3) is 4.08. The van der Waals surface area contributed by atoms with Gasteiger partial charge in [-0.15, -0.1) is 0 Å². The Morgan fingerprint density at radius 3 is 2.47 bits per heavy atom. The van der Waals surface area contributed by atoms with Gasteiger partial charge in [0.15, 0.2) is 5.13 Å². The van der Waals surface area contributed by atoms with E-state index in [0.29, 0.717) is 11.4 Å². The monoisotopic (exact) mass is 451 g/mol. The molecule has 1 amide bonds. The second kappa shape index (κ2) is 8.60. The molecule has 8 nitrogen and oxygen atoms in total. The number of halogens is 1. The Hall–Kier alpha value is -4.05. The maximum atomic E-state index is 13.4. The number of amides is 1. The van der Waals surface area contributed by atoms with Crippen LogP contribution < -0.4 is 16.4 Å². The van der Waals surface area contributed by atoms with Gasteiger partial charge in [0.1, 0.15) is 28.2 Å². The molecule has 4 N–H and O–H groups in total. The Labute approximate surface area is 186 Å². The fraction of sp³-hybridized carbons (Fsp3) is 0.0909. The zero-order chi connectivity index (χ0) is 22.8. The fourth-order valence-electron chi connectivity index (χ4n) is 3.05. The molecular formula is C22H18FN5O3S. The van der Waals surface area contributed by atoms with Crippen molar-refractivity contribution in [1.29, 1.82) is 0 Å². The van der Waals surface area contributed by atoms with E-state index in [0.717, 1.165) is 16.9 Å². The van der Waals surface area contributed by atoms with Gasteiger partial charge in [-0.2, -0.15) is 0 Å². The lowest BCUT2D eigenvalue weighted by Gasteiger charge is -2.26. The molecule has 0 saturated heterocycles. The minimum atomic E-state index is -0.830. The molecule has 162 valence electrons. The standard InChI is InChI=1S/C22H18FN5O3S/c1-12(21(25)30)28(15-9-7-14(23)8-10-15)22-26-20(24)19(32-22)18(29)17-11-16(27-31-17)13-5-3-2-4-6-13/h2-12H,24H2,1H3,(H2,25,30)/t12-/m1/s1. The third-order valence-electron chi connectivity index (χ3n) is 4.76. The molecule has 0 fully saturated rings. The van der Waals surface area contributed by atoms with E-state index in [9.17, 15) is 14.0 Å². The maximum Gasteiger partial charge on any atom is 0.244 e. The fourth-order valence-corrected chi connectivity index (χ4v) is 4.09. The van der Waals surface area contributed by atoms with Crippen molar-refractivity contribution in [1.82, 2.24) is 10.1 Å². The average molecular weight is 451 g/mol. The summed E-state index contributed by atoms with van der Waals surface area (Å²) in [4.78, 5) is 30.8. The minimum Gasteiger partial charge on any atom is -0.382 e. The molecule has 0 aliphatic heterocycles. The van der Waals surface area contributed by atoms with E-state index in [1.165, 1.54) is 35.2 Å². The Morgan fingerprint density at radius 2 is 1.81 bits per heavy atom. The SMILES string of the molecule is C[C@H](C(N)=O)N(c1ccc(F)cc1)c1nc(N)c(C(=O)c2cc(-c3ccccc3)no2)s1. The first kappa shape index (κ1) is 21.2. The van der Waals surface area contributed by atoms with Crippen molar-refractivity contribution in [3.63, 3.8) is 0 Å². The quantitative estimate of drug-likeness (QED) is 0.409. The van der Waals surface area contributed by atoms with E-state index in [4.69, 9.17) is 16.0 Å². The number of ketones is 1. The van der Waals surface area contributed by atoms with Gasteiger partial charge in [-0.05, 0) is 31.2 Å². The molecule has 2 aromatic heterocycles. The zero-order valence-electron chi connectivity index (χ0n) is 16.9. The van der Waals surface area contributed by atoms with E-state index < -0.39 is 23.5 Å². The van der Waals surface area contributed by atoms with Gasteiger partial charge in [-0.25, -0.2) is 9.37 Å². The highest BCUT2D eigenvalue weighted by Gasteiger charge is 2.28. The van der Waals surface area contributed by atoms with Gasteiger partial charge < -0.3 is 20.9 Å². The Bertz CT molecular complexity index is 1270. The summed E-state index contributed by atoms with van der Waals surface area (Å²) in [6, 6.07) is 15.4.